The second-order valence-electron chi connectivity index (χ2n) is 6.65. The van der Waals surface area contributed by atoms with E-state index in [1.165, 1.54) is 23.1 Å². The summed E-state index contributed by atoms with van der Waals surface area (Å²) in [7, 11) is 1.55. The number of aliphatic hydroxyl groups excluding tert-OH is 1. The summed E-state index contributed by atoms with van der Waals surface area (Å²) in [6.07, 6.45) is 0. The van der Waals surface area contributed by atoms with E-state index in [1.807, 2.05) is 19.2 Å². The Hall–Kier alpha value is -2.96. The van der Waals surface area contributed by atoms with Gasteiger partial charge in [0.15, 0.2) is 16.1 Å². The van der Waals surface area contributed by atoms with Gasteiger partial charge in [0.05, 0.1) is 25.2 Å². The molecule has 0 saturated carbocycles. The zero-order valence-electron chi connectivity index (χ0n) is 17.9. The van der Waals surface area contributed by atoms with Crippen LogP contribution in [0.25, 0.3) is 0 Å². The molecular weight excluding hydrogens is 452 g/mol. The van der Waals surface area contributed by atoms with Crippen LogP contribution in [0.15, 0.2) is 34.8 Å². The number of nitrogens with one attached hydrogen (secondary N) is 2. The predicted molar refractivity (Wildman–Crippen MR) is 122 cm³/mol. The maximum atomic E-state index is 12.6. The molecule has 12 heteroatoms. The normalized spacial score (nSPS) is 11.8. The number of amides is 2. The molecule has 0 unspecified atom stereocenters. The number of hydrogen-bond donors (Lipinski definition) is 3. The van der Waals surface area contributed by atoms with Gasteiger partial charge in [0.25, 0.3) is 5.91 Å². The van der Waals surface area contributed by atoms with E-state index in [0.717, 1.165) is 5.69 Å². The molecule has 1 aromatic carbocycles. The number of thioether (sulfide) groups is 1. The summed E-state index contributed by atoms with van der Waals surface area (Å²) < 4.78 is 6.87. The average Bonchev–Trinajstić information content (AvgIpc) is 3.41. The van der Waals surface area contributed by atoms with Gasteiger partial charge in [-0.2, -0.15) is 0 Å². The van der Waals surface area contributed by atoms with Gasteiger partial charge < -0.3 is 25.0 Å². The van der Waals surface area contributed by atoms with Crippen molar-refractivity contribution >= 4 is 40.0 Å². The van der Waals surface area contributed by atoms with Crippen LogP contribution in [-0.2, 0) is 11.3 Å². The Morgan fingerprint density at radius 2 is 2.03 bits per heavy atom. The fourth-order valence-electron chi connectivity index (χ4n) is 2.83. The Bertz CT molecular complexity index is 1070. The topological polar surface area (TPSA) is 131 Å². The number of carbonyl (C=O) groups is 2. The molecule has 2 amide bonds. The lowest BCUT2D eigenvalue weighted by Crippen LogP contribution is -2.32. The summed E-state index contributed by atoms with van der Waals surface area (Å²) in [5.41, 5.74) is 1.27. The Balaban J connectivity index is 1.65. The number of rotatable bonds is 10. The lowest BCUT2D eigenvalue weighted by atomic mass is 10.2. The minimum atomic E-state index is -0.751. The van der Waals surface area contributed by atoms with Crippen molar-refractivity contribution in [3.05, 3.63) is 46.7 Å². The van der Waals surface area contributed by atoms with Crippen molar-refractivity contribution in [3.63, 3.8) is 0 Å². The van der Waals surface area contributed by atoms with Crippen LogP contribution in [0, 0.1) is 6.92 Å². The van der Waals surface area contributed by atoms with Crippen molar-refractivity contribution in [1.82, 2.24) is 25.1 Å². The molecule has 0 aliphatic rings. The van der Waals surface area contributed by atoms with Crippen molar-refractivity contribution < 1.29 is 19.4 Å². The van der Waals surface area contributed by atoms with E-state index in [1.54, 1.807) is 35.9 Å². The highest BCUT2D eigenvalue weighted by atomic mass is 32.2. The molecule has 0 fully saturated rings. The minimum Gasteiger partial charge on any atom is -0.497 e. The molecule has 2 heterocycles. The molecule has 0 saturated heterocycles. The van der Waals surface area contributed by atoms with Gasteiger partial charge in [-0.15, -0.1) is 21.5 Å². The van der Waals surface area contributed by atoms with E-state index in [0.29, 0.717) is 34.0 Å². The highest BCUT2D eigenvalue weighted by Gasteiger charge is 2.23. The van der Waals surface area contributed by atoms with Gasteiger partial charge in [-0.05, 0) is 38.1 Å². The lowest BCUT2D eigenvalue weighted by Gasteiger charge is -2.17. The lowest BCUT2D eigenvalue weighted by molar-refractivity contribution is -0.113. The third-order valence-corrected chi connectivity index (χ3v) is 6.25. The summed E-state index contributed by atoms with van der Waals surface area (Å²) >= 11 is 2.58. The molecule has 2 aromatic heterocycles. The molecule has 10 nitrogen and oxygen atoms in total. The van der Waals surface area contributed by atoms with Crippen LogP contribution in [0.5, 0.6) is 5.75 Å². The van der Waals surface area contributed by atoms with Crippen LogP contribution in [0.3, 0.4) is 0 Å². The zero-order valence-corrected chi connectivity index (χ0v) is 19.5. The minimum absolute atomic E-state index is 0.124. The van der Waals surface area contributed by atoms with Crippen molar-refractivity contribution in [3.8, 4) is 5.75 Å². The maximum absolute atomic E-state index is 12.6. The summed E-state index contributed by atoms with van der Waals surface area (Å²) in [4.78, 5) is 29.0. The number of aryl methyl sites for hydroxylation is 1. The SMILES string of the molecule is CCn1c(SCC(=O)Nc2nc(C)cs2)nnc1[C@H](CO)NC(=O)c1ccc(OC)cc1. The van der Waals surface area contributed by atoms with Gasteiger partial charge in [-0.1, -0.05) is 11.8 Å². The predicted octanol–water partition coefficient (Wildman–Crippen LogP) is 2.27. The van der Waals surface area contributed by atoms with E-state index in [4.69, 9.17) is 4.74 Å². The first-order valence-corrected chi connectivity index (χ1v) is 11.6. The maximum Gasteiger partial charge on any atom is 0.251 e. The quantitative estimate of drug-likeness (QED) is 0.380. The molecule has 3 rings (SSSR count). The molecule has 0 aliphatic carbocycles. The second kappa shape index (κ2) is 11.1. The fourth-order valence-corrected chi connectivity index (χ4v) is 4.35. The largest absolute Gasteiger partial charge is 0.497 e. The highest BCUT2D eigenvalue weighted by molar-refractivity contribution is 7.99. The number of thiazole rings is 1. The molecular formula is C20H24N6O4S2. The first-order valence-electron chi connectivity index (χ1n) is 9.78. The molecule has 0 aliphatic heterocycles. The second-order valence-corrected chi connectivity index (χ2v) is 8.45. The van der Waals surface area contributed by atoms with Crippen LogP contribution in [0.1, 0.15) is 34.8 Å². The monoisotopic (exact) mass is 476 g/mol. The average molecular weight is 477 g/mol. The van der Waals surface area contributed by atoms with Gasteiger partial charge in [0.1, 0.15) is 11.8 Å². The van der Waals surface area contributed by atoms with Gasteiger partial charge in [-0.3, -0.25) is 9.59 Å². The van der Waals surface area contributed by atoms with Crippen molar-refractivity contribution in [1.29, 1.82) is 0 Å². The summed E-state index contributed by atoms with van der Waals surface area (Å²) in [5.74, 6) is 0.614. The van der Waals surface area contributed by atoms with Crippen molar-refractivity contribution in [2.75, 3.05) is 24.8 Å². The number of benzene rings is 1. The third kappa shape index (κ3) is 5.84. The first-order chi connectivity index (χ1) is 15.4. The number of aliphatic hydroxyl groups is 1. The summed E-state index contributed by atoms with van der Waals surface area (Å²) in [5, 5.41) is 26.6. The van der Waals surface area contributed by atoms with Gasteiger partial charge in [0, 0.05) is 17.5 Å². The van der Waals surface area contributed by atoms with Crippen molar-refractivity contribution in [2.24, 2.45) is 0 Å². The number of ether oxygens (including phenoxy) is 1. The Morgan fingerprint density at radius 3 is 2.62 bits per heavy atom. The van der Waals surface area contributed by atoms with E-state index in [2.05, 4.69) is 25.8 Å². The molecule has 3 N–H and O–H groups in total. The third-order valence-electron chi connectivity index (χ3n) is 4.41. The van der Waals surface area contributed by atoms with E-state index in [-0.39, 0.29) is 24.2 Å². The molecule has 170 valence electrons. The van der Waals surface area contributed by atoms with E-state index >= 15 is 0 Å². The highest BCUT2D eigenvalue weighted by Crippen LogP contribution is 2.22. The molecule has 1 atom stereocenters. The number of hydrogen-bond acceptors (Lipinski definition) is 9. The summed E-state index contributed by atoms with van der Waals surface area (Å²) in [6, 6.07) is 5.89. The van der Waals surface area contributed by atoms with Crippen LogP contribution >= 0.6 is 23.1 Å². The fraction of sp³-hybridized carbons (Fsp3) is 0.350. The van der Waals surface area contributed by atoms with Crippen molar-refractivity contribution in [2.45, 2.75) is 31.6 Å². The zero-order chi connectivity index (χ0) is 23.1. The van der Waals surface area contributed by atoms with Crippen LogP contribution < -0.4 is 15.4 Å². The van der Waals surface area contributed by atoms with Crippen LogP contribution in [0.2, 0.25) is 0 Å². The Kier molecular flexibility index (Phi) is 8.20. The summed E-state index contributed by atoms with van der Waals surface area (Å²) in [6.45, 7) is 3.91. The molecule has 0 radical (unpaired) electrons. The van der Waals surface area contributed by atoms with Crippen LogP contribution in [-0.4, -0.2) is 56.1 Å². The number of methoxy groups -OCH3 is 1. The van der Waals surface area contributed by atoms with Gasteiger partial charge in [0.2, 0.25) is 5.91 Å². The van der Waals surface area contributed by atoms with E-state index in [9.17, 15) is 14.7 Å². The Morgan fingerprint density at radius 1 is 1.28 bits per heavy atom. The molecule has 0 spiro atoms. The first kappa shape index (κ1) is 23.7. The number of anilines is 1. The molecule has 3 aromatic rings. The number of nitrogens with zero attached hydrogens (tertiary/aromatic N) is 4. The Labute approximate surface area is 193 Å². The van der Waals surface area contributed by atoms with E-state index < -0.39 is 6.04 Å². The van der Waals surface area contributed by atoms with Gasteiger partial charge in [-0.25, -0.2) is 4.98 Å². The van der Waals surface area contributed by atoms with Gasteiger partial charge >= 0.3 is 0 Å². The smallest absolute Gasteiger partial charge is 0.251 e. The number of carbonyl (C=O) groups excluding carboxylic acids is 2. The molecule has 32 heavy (non-hydrogen) atoms. The van der Waals surface area contributed by atoms with Crippen LogP contribution in [0.4, 0.5) is 5.13 Å². The standard InChI is InChI=1S/C20H24N6O4S2/c1-4-26-17(15(9-27)22-18(29)13-5-7-14(30-3)8-6-13)24-25-20(26)32-11-16(28)23-19-21-12(2)10-31-19/h5-8,10,15,27H,4,9,11H2,1-3H3,(H,22,29)(H,21,23,28)/t15-/m0/s1. The molecule has 0 bridgehead atoms. The number of aromatic nitrogens is 4.